The van der Waals surface area contributed by atoms with Gasteiger partial charge in [-0.3, -0.25) is 4.79 Å². The Morgan fingerprint density at radius 1 is 1.38 bits per heavy atom. The van der Waals surface area contributed by atoms with Crippen molar-refractivity contribution in [3.05, 3.63) is 39.8 Å². The second-order valence-corrected chi connectivity index (χ2v) is 7.14. The molecule has 0 aliphatic carbocycles. The summed E-state index contributed by atoms with van der Waals surface area (Å²) >= 11 is 1.42. The number of carbonyl (C=O) groups excluding carboxylic acids is 1. The molecule has 1 N–H and O–H groups in total. The number of amides is 1. The van der Waals surface area contributed by atoms with E-state index >= 15 is 0 Å². The molecule has 1 aromatic carbocycles. The summed E-state index contributed by atoms with van der Waals surface area (Å²) in [7, 11) is 1.61. The average molecular weight is 348 g/mol. The lowest BCUT2D eigenvalue weighted by Gasteiger charge is -2.25. The number of methoxy groups -OCH3 is 1. The molecule has 2 aromatic rings. The summed E-state index contributed by atoms with van der Waals surface area (Å²) in [6.07, 6.45) is 0. The van der Waals surface area contributed by atoms with Gasteiger partial charge in [-0.25, -0.2) is 4.98 Å². The lowest BCUT2D eigenvalue weighted by Crippen LogP contribution is -2.36. The zero-order valence-corrected chi connectivity index (χ0v) is 14.7. The minimum atomic E-state index is -0.248. The van der Waals surface area contributed by atoms with E-state index in [9.17, 15) is 4.79 Å². The molecule has 6 nitrogen and oxygen atoms in total. The van der Waals surface area contributed by atoms with E-state index in [1.165, 1.54) is 11.3 Å². The molecule has 0 unspecified atom stereocenters. The average Bonchev–Trinajstić information content (AvgIpc) is 3.21. The van der Waals surface area contributed by atoms with Gasteiger partial charge in [0.25, 0.3) is 5.91 Å². The highest BCUT2D eigenvalue weighted by molar-refractivity contribution is 7.09. The smallest absolute Gasteiger partial charge is 0.270 e. The van der Waals surface area contributed by atoms with Gasteiger partial charge < -0.3 is 19.5 Å². The molecule has 0 atom stereocenters. The molecule has 24 heavy (non-hydrogen) atoms. The fourth-order valence-corrected chi connectivity index (χ4v) is 3.16. The maximum atomic E-state index is 12.3. The summed E-state index contributed by atoms with van der Waals surface area (Å²) in [4.78, 5) is 16.5. The number of nitrogens with one attached hydrogen (secondary N) is 1. The van der Waals surface area contributed by atoms with Crippen molar-refractivity contribution in [2.75, 3.05) is 20.4 Å². The molecule has 1 aliphatic rings. The molecule has 1 amide bonds. The van der Waals surface area contributed by atoms with Crippen LogP contribution in [-0.4, -0.2) is 31.3 Å². The Balaban J connectivity index is 1.64. The minimum Gasteiger partial charge on any atom is -0.454 e. The van der Waals surface area contributed by atoms with Crippen LogP contribution in [0.4, 0.5) is 0 Å². The third-order valence-electron chi connectivity index (χ3n) is 3.90. The van der Waals surface area contributed by atoms with Crippen molar-refractivity contribution in [3.63, 3.8) is 0 Å². The first-order valence-corrected chi connectivity index (χ1v) is 8.49. The predicted octanol–water partition coefficient (Wildman–Crippen LogP) is 2.73. The highest BCUT2D eigenvalue weighted by Crippen LogP contribution is 2.36. The molecule has 0 bridgehead atoms. The van der Waals surface area contributed by atoms with Crippen molar-refractivity contribution in [1.29, 1.82) is 0 Å². The van der Waals surface area contributed by atoms with Gasteiger partial charge in [0.05, 0.1) is 6.61 Å². The molecule has 128 valence electrons. The first kappa shape index (κ1) is 16.7. The molecule has 0 saturated carbocycles. The van der Waals surface area contributed by atoms with E-state index in [1.807, 2.05) is 18.2 Å². The predicted molar refractivity (Wildman–Crippen MR) is 90.8 cm³/mol. The molecule has 0 fully saturated rings. The number of hydrogen-bond acceptors (Lipinski definition) is 6. The number of carbonyl (C=O) groups is 1. The van der Waals surface area contributed by atoms with Crippen LogP contribution >= 0.6 is 11.3 Å². The topological polar surface area (TPSA) is 69.7 Å². The lowest BCUT2D eigenvalue weighted by atomic mass is 9.84. The number of hydrogen-bond donors (Lipinski definition) is 1. The Morgan fingerprint density at radius 3 is 2.96 bits per heavy atom. The van der Waals surface area contributed by atoms with Crippen LogP contribution in [-0.2, 0) is 16.8 Å². The van der Waals surface area contributed by atoms with Crippen LogP contribution in [0.25, 0.3) is 0 Å². The van der Waals surface area contributed by atoms with Gasteiger partial charge in [0.1, 0.15) is 10.7 Å². The van der Waals surface area contributed by atoms with Crippen molar-refractivity contribution < 1.29 is 19.0 Å². The van der Waals surface area contributed by atoms with Crippen molar-refractivity contribution in [1.82, 2.24) is 10.3 Å². The number of nitrogens with zero attached hydrogens (tertiary/aromatic N) is 1. The van der Waals surface area contributed by atoms with Crippen molar-refractivity contribution in [2.24, 2.45) is 0 Å². The lowest BCUT2D eigenvalue weighted by molar-refractivity contribution is 0.0940. The summed E-state index contributed by atoms with van der Waals surface area (Å²) < 4.78 is 15.8. The van der Waals surface area contributed by atoms with Gasteiger partial charge in [0.2, 0.25) is 6.79 Å². The van der Waals surface area contributed by atoms with Crippen LogP contribution in [0.3, 0.4) is 0 Å². The van der Waals surface area contributed by atoms with E-state index in [-0.39, 0.29) is 18.1 Å². The zero-order valence-electron chi connectivity index (χ0n) is 13.9. The van der Waals surface area contributed by atoms with Crippen molar-refractivity contribution in [3.8, 4) is 11.5 Å². The second kappa shape index (κ2) is 6.78. The van der Waals surface area contributed by atoms with Crippen molar-refractivity contribution >= 4 is 17.2 Å². The molecule has 0 radical (unpaired) electrons. The minimum absolute atomic E-state index is 0.178. The van der Waals surface area contributed by atoms with E-state index in [1.54, 1.807) is 12.5 Å². The van der Waals surface area contributed by atoms with E-state index in [4.69, 9.17) is 14.2 Å². The number of benzene rings is 1. The Bertz CT molecular complexity index is 742. The monoisotopic (exact) mass is 348 g/mol. The fraction of sp³-hybridized carbons (Fsp3) is 0.412. The van der Waals surface area contributed by atoms with Crippen LogP contribution < -0.4 is 14.8 Å². The van der Waals surface area contributed by atoms with Crippen LogP contribution in [0.2, 0.25) is 0 Å². The molecule has 0 saturated heterocycles. The van der Waals surface area contributed by atoms with E-state index in [0.717, 1.165) is 22.1 Å². The quantitative estimate of drug-likeness (QED) is 0.869. The molecule has 7 heteroatoms. The van der Waals surface area contributed by atoms with E-state index < -0.39 is 0 Å². The third kappa shape index (κ3) is 3.52. The zero-order chi connectivity index (χ0) is 17.2. The summed E-state index contributed by atoms with van der Waals surface area (Å²) in [5.41, 5.74) is 1.25. The number of aromatic nitrogens is 1. The first-order valence-electron chi connectivity index (χ1n) is 7.61. The summed E-state index contributed by atoms with van der Waals surface area (Å²) in [6.45, 7) is 5.30. The molecule has 0 spiro atoms. The van der Waals surface area contributed by atoms with Gasteiger partial charge in [0.15, 0.2) is 11.5 Å². The number of ether oxygens (including phenoxy) is 3. The van der Waals surface area contributed by atoms with Gasteiger partial charge in [-0.05, 0) is 17.7 Å². The van der Waals surface area contributed by atoms with E-state index in [0.29, 0.717) is 18.8 Å². The molecule has 1 aliphatic heterocycles. The Morgan fingerprint density at radius 2 is 2.17 bits per heavy atom. The van der Waals surface area contributed by atoms with Gasteiger partial charge in [-0.15, -0.1) is 11.3 Å². The maximum Gasteiger partial charge on any atom is 0.270 e. The maximum absolute atomic E-state index is 12.3. The number of thiazole rings is 1. The van der Waals surface area contributed by atoms with E-state index in [2.05, 4.69) is 24.1 Å². The van der Waals surface area contributed by atoms with Gasteiger partial charge in [-0.1, -0.05) is 19.9 Å². The van der Waals surface area contributed by atoms with Gasteiger partial charge in [0, 0.05) is 24.4 Å². The van der Waals surface area contributed by atoms with Crippen LogP contribution in [0.5, 0.6) is 11.5 Å². The summed E-state index contributed by atoms with van der Waals surface area (Å²) in [5, 5.41) is 5.49. The highest BCUT2D eigenvalue weighted by atomic mass is 32.1. The number of fused-ring (bicyclic) bond motifs is 1. The summed E-state index contributed by atoms with van der Waals surface area (Å²) in [5.74, 6) is 1.32. The Hall–Kier alpha value is -2.12. The van der Waals surface area contributed by atoms with Crippen molar-refractivity contribution in [2.45, 2.75) is 25.9 Å². The third-order valence-corrected chi connectivity index (χ3v) is 4.72. The van der Waals surface area contributed by atoms with Crippen LogP contribution in [0.15, 0.2) is 23.6 Å². The largest absolute Gasteiger partial charge is 0.454 e. The second-order valence-electron chi connectivity index (χ2n) is 6.19. The molecule has 2 heterocycles. The van der Waals surface area contributed by atoms with Crippen LogP contribution in [0.1, 0.15) is 34.9 Å². The Kier molecular flexibility index (Phi) is 4.73. The molecule has 1 aromatic heterocycles. The highest BCUT2D eigenvalue weighted by Gasteiger charge is 2.25. The van der Waals surface area contributed by atoms with Gasteiger partial charge in [-0.2, -0.15) is 0 Å². The molecular weight excluding hydrogens is 328 g/mol. The molecule has 3 rings (SSSR count). The normalized spacial score (nSPS) is 13.1. The van der Waals surface area contributed by atoms with Gasteiger partial charge >= 0.3 is 0 Å². The SMILES string of the molecule is COCc1nc(C(=O)NCC(C)(C)c2ccc3c(c2)OCO3)cs1. The number of rotatable bonds is 6. The Labute approximate surface area is 144 Å². The first-order chi connectivity index (χ1) is 11.5. The van der Waals surface area contributed by atoms with Crippen LogP contribution in [0, 0.1) is 0 Å². The fourth-order valence-electron chi connectivity index (χ4n) is 2.42. The summed E-state index contributed by atoms with van der Waals surface area (Å²) in [6, 6.07) is 5.87. The standard InChI is InChI=1S/C17H20N2O4S/c1-17(2,11-4-5-13-14(6-11)23-10-22-13)9-18-16(20)12-8-24-15(19-12)7-21-3/h4-6,8H,7,9-10H2,1-3H3,(H,18,20). The molecular formula is C17H20N2O4S.